The Morgan fingerprint density at radius 3 is 2.44 bits per heavy atom. The molecule has 0 aliphatic heterocycles. The summed E-state index contributed by atoms with van der Waals surface area (Å²) in [5.74, 6) is -0.294. The first-order chi connectivity index (χ1) is 12.8. The third kappa shape index (κ3) is 4.65. The van der Waals surface area contributed by atoms with Gasteiger partial charge >= 0.3 is 5.69 Å². The highest BCUT2D eigenvalue weighted by molar-refractivity contribution is 6.07. The van der Waals surface area contributed by atoms with E-state index in [4.69, 9.17) is 10.5 Å². The van der Waals surface area contributed by atoms with E-state index >= 15 is 0 Å². The molecular formula is C19H26N4O4. The van der Waals surface area contributed by atoms with Gasteiger partial charge in [-0.15, -0.1) is 0 Å². The van der Waals surface area contributed by atoms with E-state index in [9.17, 15) is 14.4 Å². The first-order valence-corrected chi connectivity index (χ1v) is 8.76. The van der Waals surface area contributed by atoms with Gasteiger partial charge in [0.1, 0.15) is 5.82 Å². The molecule has 1 aromatic carbocycles. The summed E-state index contributed by atoms with van der Waals surface area (Å²) in [6, 6.07) is 7.00. The van der Waals surface area contributed by atoms with Crippen LogP contribution in [-0.2, 0) is 11.3 Å². The van der Waals surface area contributed by atoms with Crippen LogP contribution in [0.15, 0.2) is 33.9 Å². The maximum Gasteiger partial charge on any atom is 0.330 e. The number of nitrogens with zero attached hydrogens (tertiary/aromatic N) is 2. The van der Waals surface area contributed by atoms with E-state index in [0.717, 1.165) is 5.56 Å². The van der Waals surface area contributed by atoms with E-state index < -0.39 is 11.2 Å². The molecule has 27 heavy (non-hydrogen) atoms. The number of rotatable bonds is 7. The van der Waals surface area contributed by atoms with Crippen LogP contribution in [0.4, 0.5) is 11.5 Å². The lowest BCUT2D eigenvalue weighted by Gasteiger charge is -2.24. The van der Waals surface area contributed by atoms with Crippen molar-refractivity contribution in [2.75, 3.05) is 30.9 Å². The number of ether oxygens (including phenoxy) is 1. The second kappa shape index (κ2) is 8.68. The van der Waals surface area contributed by atoms with Crippen LogP contribution in [0, 0.1) is 12.8 Å². The zero-order valence-electron chi connectivity index (χ0n) is 16.1. The Morgan fingerprint density at radius 2 is 1.89 bits per heavy atom. The third-order valence-corrected chi connectivity index (χ3v) is 4.09. The lowest BCUT2D eigenvalue weighted by molar-refractivity contribution is 0.0975. The highest BCUT2D eigenvalue weighted by Gasteiger charge is 2.25. The fourth-order valence-corrected chi connectivity index (χ4v) is 2.73. The standard InChI is InChI=1S/C19H26N4O4/c1-12(2)11-23-16(20)15(17(24)21-19(23)26)22(9-10-27-4)18(25)14-7-5-13(3)6-8-14/h5-8,12H,9-11,20H2,1-4H3,(H,21,24,26). The van der Waals surface area contributed by atoms with Crippen molar-refractivity contribution in [1.29, 1.82) is 0 Å². The van der Waals surface area contributed by atoms with Crippen LogP contribution in [0.5, 0.6) is 0 Å². The van der Waals surface area contributed by atoms with Crippen molar-refractivity contribution in [2.45, 2.75) is 27.3 Å². The highest BCUT2D eigenvalue weighted by Crippen LogP contribution is 2.20. The highest BCUT2D eigenvalue weighted by atomic mass is 16.5. The van der Waals surface area contributed by atoms with Crippen LogP contribution >= 0.6 is 0 Å². The van der Waals surface area contributed by atoms with Gasteiger partial charge in [-0.25, -0.2) is 4.79 Å². The van der Waals surface area contributed by atoms with Crippen molar-refractivity contribution >= 4 is 17.4 Å². The van der Waals surface area contributed by atoms with Crippen molar-refractivity contribution < 1.29 is 9.53 Å². The molecule has 1 heterocycles. The van der Waals surface area contributed by atoms with Gasteiger partial charge in [0.25, 0.3) is 11.5 Å². The lowest BCUT2D eigenvalue weighted by atomic mass is 10.1. The molecule has 0 atom stereocenters. The number of aryl methyl sites for hydroxylation is 1. The fourth-order valence-electron chi connectivity index (χ4n) is 2.73. The second-order valence-corrected chi connectivity index (χ2v) is 6.81. The Morgan fingerprint density at radius 1 is 1.26 bits per heavy atom. The minimum atomic E-state index is -0.700. The molecule has 0 aliphatic carbocycles. The summed E-state index contributed by atoms with van der Waals surface area (Å²) in [7, 11) is 1.50. The lowest BCUT2D eigenvalue weighted by Crippen LogP contribution is -2.42. The summed E-state index contributed by atoms with van der Waals surface area (Å²) in [4.78, 5) is 41.3. The average molecular weight is 374 g/mol. The summed E-state index contributed by atoms with van der Waals surface area (Å²) in [5, 5.41) is 0. The summed E-state index contributed by atoms with van der Waals surface area (Å²) < 4.78 is 6.36. The molecule has 146 valence electrons. The number of nitrogens with two attached hydrogens (primary N) is 1. The number of carbonyl (C=O) groups is 1. The minimum Gasteiger partial charge on any atom is -0.383 e. The quantitative estimate of drug-likeness (QED) is 0.761. The van der Waals surface area contributed by atoms with Gasteiger partial charge in [0, 0.05) is 25.8 Å². The molecule has 1 aromatic heterocycles. The molecule has 8 nitrogen and oxygen atoms in total. The molecule has 2 rings (SSSR count). The molecule has 0 saturated carbocycles. The third-order valence-electron chi connectivity index (χ3n) is 4.09. The molecule has 0 bridgehead atoms. The predicted octanol–water partition coefficient (Wildman–Crippen LogP) is 1.38. The molecule has 3 N–H and O–H groups in total. The van der Waals surface area contributed by atoms with E-state index in [-0.39, 0.29) is 36.5 Å². The number of H-pyrrole nitrogens is 1. The molecule has 0 saturated heterocycles. The van der Waals surface area contributed by atoms with Gasteiger partial charge in [-0.2, -0.15) is 0 Å². The van der Waals surface area contributed by atoms with Crippen LogP contribution in [0.1, 0.15) is 29.8 Å². The van der Waals surface area contributed by atoms with Gasteiger partial charge in [-0.1, -0.05) is 31.5 Å². The predicted molar refractivity (Wildman–Crippen MR) is 105 cm³/mol. The maximum absolute atomic E-state index is 13.1. The molecule has 2 aromatic rings. The SMILES string of the molecule is COCCN(C(=O)c1ccc(C)cc1)c1c(N)n(CC(C)C)c(=O)[nH]c1=O. The topological polar surface area (TPSA) is 110 Å². The molecular weight excluding hydrogens is 348 g/mol. The number of carbonyl (C=O) groups excluding carboxylic acids is 1. The zero-order chi connectivity index (χ0) is 20.1. The smallest absolute Gasteiger partial charge is 0.330 e. The molecule has 0 aliphatic rings. The van der Waals surface area contributed by atoms with Crippen molar-refractivity contribution in [3.63, 3.8) is 0 Å². The molecule has 0 fully saturated rings. The van der Waals surface area contributed by atoms with E-state index in [1.54, 1.807) is 12.1 Å². The van der Waals surface area contributed by atoms with Gasteiger partial charge in [-0.3, -0.25) is 24.0 Å². The average Bonchev–Trinajstić information content (AvgIpc) is 2.61. The first-order valence-electron chi connectivity index (χ1n) is 8.76. The number of methoxy groups -OCH3 is 1. The van der Waals surface area contributed by atoms with Gasteiger partial charge in [0.15, 0.2) is 5.69 Å². The number of anilines is 2. The van der Waals surface area contributed by atoms with Crippen LogP contribution in [0.3, 0.4) is 0 Å². The minimum absolute atomic E-state index is 0.0333. The molecule has 8 heteroatoms. The number of nitrogen functional groups attached to an aromatic ring is 1. The normalized spacial score (nSPS) is 11.0. The number of hydrogen-bond acceptors (Lipinski definition) is 5. The summed E-state index contributed by atoms with van der Waals surface area (Å²) >= 11 is 0. The van der Waals surface area contributed by atoms with Crippen LogP contribution in [0.2, 0.25) is 0 Å². The van der Waals surface area contributed by atoms with Crippen LogP contribution in [0.25, 0.3) is 0 Å². The Labute approximate surface area is 157 Å². The number of benzene rings is 1. The summed E-state index contributed by atoms with van der Waals surface area (Å²) in [5.41, 5.74) is 6.24. The van der Waals surface area contributed by atoms with E-state index in [0.29, 0.717) is 12.1 Å². The van der Waals surface area contributed by atoms with Gasteiger partial charge in [0.2, 0.25) is 0 Å². The summed E-state index contributed by atoms with van der Waals surface area (Å²) in [6.07, 6.45) is 0. The van der Waals surface area contributed by atoms with Crippen molar-refractivity contribution in [2.24, 2.45) is 5.92 Å². The zero-order valence-corrected chi connectivity index (χ0v) is 16.1. The monoisotopic (exact) mass is 374 g/mol. The van der Waals surface area contributed by atoms with Crippen LogP contribution in [-0.4, -0.2) is 35.7 Å². The number of aromatic amines is 1. The van der Waals surface area contributed by atoms with E-state index in [1.807, 2.05) is 32.9 Å². The van der Waals surface area contributed by atoms with Crippen molar-refractivity contribution in [3.8, 4) is 0 Å². The van der Waals surface area contributed by atoms with Crippen molar-refractivity contribution in [1.82, 2.24) is 9.55 Å². The molecule has 0 radical (unpaired) electrons. The second-order valence-electron chi connectivity index (χ2n) is 6.81. The summed E-state index contributed by atoms with van der Waals surface area (Å²) in [6.45, 7) is 6.43. The Hall–Kier alpha value is -2.87. The number of aromatic nitrogens is 2. The van der Waals surface area contributed by atoms with E-state index in [1.165, 1.54) is 16.6 Å². The van der Waals surface area contributed by atoms with Gasteiger partial charge in [-0.05, 0) is 25.0 Å². The Kier molecular flexibility index (Phi) is 6.57. The Bertz CT molecular complexity index is 913. The van der Waals surface area contributed by atoms with Gasteiger partial charge in [0.05, 0.1) is 6.61 Å². The number of nitrogens with one attached hydrogen (secondary N) is 1. The molecule has 1 amide bonds. The van der Waals surface area contributed by atoms with Crippen LogP contribution < -0.4 is 21.9 Å². The van der Waals surface area contributed by atoms with Gasteiger partial charge < -0.3 is 10.5 Å². The Balaban J connectivity index is 2.59. The number of amides is 1. The largest absolute Gasteiger partial charge is 0.383 e. The van der Waals surface area contributed by atoms with Crippen molar-refractivity contribution in [3.05, 3.63) is 56.2 Å². The fraction of sp³-hybridized carbons (Fsp3) is 0.421. The molecule has 0 unspecified atom stereocenters. The van der Waals surface area contributed by atoms with E-state index in [2.05, 4.69) is 4.98 Å². The maximum atomic E-state index is 13.1. The first kappa shape index (κ1) is 20.4. The number of hydrogen-bond donors (Lipinski definition) is 2. The molecule has 0 spiro atoms.